The predicted octanol–water partition coefficient (Wildman–Crippen LogP) is 5.81. The summed E-state index contributed by atoms with van der Waals surface area (Å²) < 4.78 is 5.98. The van der Waals surface area contributed by atoms with Crippen molar-refractivity contribution in [1.82, 2.24) is 24.8 Å². The van der Waals surface area contributed by atoms with Gasteiger partial charge >= 0.3 is 6.01 Å². The summed E-state index contributed by atoms with van der Waals surface area (Å²) in [6.07, 6.45) is 9.89. The molecule has 2 aliphatic rings. The smallest absolute Gasteiger partial charge is 0.318 e. The molecule has 2 atom stereocenters. The molecule has 48 heavy (non-hydrogen) atoms. The first-order valence-electron chi connectivity index (χ1n) is 16.7. The van der Waals surface area contributed by atoms with Crippen LogP contribution in [0.2, 0.25) is 0 Å². The van der Waals surface area contributed by atoms with Crippen molar-refractivity contribution in [3.8, 4) is 6.01 Å². The van der Waals surface area contributed by atoms with Gasteiger partial charge in [-0.25, -0.2) is 6.57 Å². The first-order valence-corrected chi connectivity index (χ1v) is 16.7. The third kappa shape index (κ3) is 8.28. The first-order chi connectivity index (χ1) is 23.3. The van der Waals surface area contributed by atoms with Crippen LogP contribution in [0.15, 0.2) is 67.0 Å². The van der Waals surface area contributed by atoms with Gasteiger partial charge < -0.3 is 30.0 Å². The molecule has 10 nitrogen and oxygen atoms in total. The monoisotopic (exact) mass is 646 g/mol. The van der Waals surface area contributed by atoms with E-state index in [-0.39, 0.29) is 11.9 Å². The standard InChI is InChI=1S/C24H29N5O.C14H17N3O/c1-16-6-3-7-17-8-4-10-21(22(16)17)29-13-11-19-20(14-29)26-24(27-23(19)25)30-15-18-9-5-12-28(18)2;1-4-17(12(2)11-15-3)14(18)6-5-13-7-9-16-10-8-13/h3-4,6-8,10,18H,5,9,11-15H2,1-2H3,(H2,25,26,27);5-10,12H,4,11H2,1-2H3/b;6-5+/t18-;12-/m01/s1. The van der Waals surface area contributed by atoms with Gasteiger partial charge in [0.05, 0.1) is 12.2 Å². The molecule has 4 aromatic rings. The van der Waals surface area contributed by atoms with Gasteiger partial charge in [0.2, 0.25) is 12.5 Å². The second kappa shape index (κ2) is 16.2. The molecule has 2 aliphatic heterocycles. The number of likely N-dealkylation sites (N-methyl/N-ethyl adjacent to an activating group) is 2. The molecule has 2 aromatic carbocycles. The number of nitrogen functional groups attached to an aromatic ring is 1. The number of aryl methyl sites for hydroxylation is 1. The number of ether oxygens (including phenoxy) is 1. The molecule has 2 aromatic heterocycles. The van der Waals surface area contributed by atoms with Crippen LogP contribution >= 0.6 is 0 Å². The number of fused-ring (bicyclic) bond motifs is 2. The fourth-order valence-corrected chi connectivity index (χ4v) is 6.49. The largest absolute Gasteiger partial charge is 0.462 e. The van der Waals surface area contributed by atoms with Crippen molar-refractivity contribution in [2.75, 3.05) is 50.5 Å². The third-order valence-corrected chi connectivity index (χ3v) is 9.22. The molecule has 0 bridgehead atoms. The van der Waals surface area contributed by atoms with Gasteiger partial charge in [-0.3, -0.25) is 9.78 Å². The molecule has 2 N–H and O–H groups in total. The Bertz CT molecular complexity index is 1770. The van der Waals surface area contributed by atoms with Crippen molar-refractivity contribution >= 4 is 34.3 Å². The number of pyridine rings is 1. The number of nitrogens with zero attached hydrogens (tertiary/aromatic N) is 7. The van der Waals surface area contributed by atoms with E-state index in [0.29, 0.717) is 37.6 Å². The molecule has 6 rings (SSSR count). The second-order valence-electron chi connectivity index (χ2n) is 12.5. The maximum atomic E-state index is 12.0. The number of rotatable bonds is 9. The Morgan fingerprint density at radius 3 is 2.65 bits per heavy atom. The summed E-state index contributed by atoms with van der Waals surface area (Å²) >= 11 is 0. The Morgan fingerprint density at radius 2 is 1.94 bits per heavy atom. The molecule has 0 radical (unpaired) electrons. The minimum Gasteiger partial charge on any atom is -0.462 e. The van der Waals surface area contributed by atoms with Crippen LogP contribution in [0.4, 0.5) is 11.5 Å². The van der Waals surface area contributed by atoms with Crippen LogP contribution < -0.4 is 15.4 Å². The Morgan fingerprint density at radius 1 is 1.17 bits per heavy atom. The van der Waals surface area contributed by atoms with Crippen molar-refractivity contribution in [1.29, 1.82) is 0 Å². The number of carbonyl (C=O) groups is 1. The summed E-state index contributed by atoms with van der Waals surface area (Å²) in [6.45, 7) is 17.1. The van der Waals surface area contributed by atoms with Crippen LogP contribution in [0.25, 0.3) is 21.7 Å². The molecular formula is C38H46N8O2. The summed E-state index contributed by atoms with van der Waals surface area (Å²) in [5.41, 5.74) is 11.8. The van der Waals surface area contributed by atoms with E-state index in [9.17, 15) is 4.79 Å². The van der Waals surface area contributed by atoms with E-state index in [0.717, 1.165) is 49.3 Å². The lowest BCUT2D eigenvalue weighted by Crippen LogP contribution is -2.38. The van der Waals surface area contributed by atoms with Crippen LogP contribution in [0.3, 0.4) is 0 Å². The summed E-state index contributed by atoms with van der Waals surface area (Å²) in [5, 5.41) is 2.58. The predicted molar refractivity (Wildman–Crippen MR) is 193 cm³/mol. The van der Waals surface area contributed by atoms with E-state index in [1.54, 1.807) is 29.4 Å². The summed E-state index contributed by atoms with van der Waals surface area (Å²) in [6, 6.07) is 17.4. The minimum absolute atomic E-state index is 0.0536. The molecular weight excluding hydrogens is 600 g/mol. The molecule has 1 saturated heterocycles. The Hall–Kier alpha value is -5.01. The summed E-state index contributed by atoms with van der Waals surface area (Å²) in [7, 11) is 2.15. The van der Waals surface area contributed by atoms with Crippen molar-refractivity contribution < 1.29 is 9.53 Å². The zero-order valence-corrected chi connectivity index (χ0v) is 28.5. The number of hydrogen-bond acceptors (Lipinski definition) is 8. The first kappa shape index (κ1) is 34.3. The number of amides is 1. The second-order valence-corrected chi connectivity index (χ2v) is 12.5. The molecule has 1 amide bonds. The highest BCUT2D eigenvalue weighted by molar-refractivity contribution is 5.97. The number of hydrogen-bond donors (Lipinski definition) is 1. The van der Waals surface area contributed by atoms with Gasteiger partial charge in [-0.05, 0) is 94.4 Å². The molecule has 0 saturated carbocycles. The third-order valence-electron chi connectivity index (χ3n) is 9.22. The zero-order chi connectivity index (χ0) is 34.0. The Kier molecular flexibility index (Phi) is 11.6. The van der Waals surface area contributed by atoms with Gasteiger partial charge in [0, 0.05) is 54.2 Å². The van der Waals surface area contributed by atoms with E-state index in [4.69, 9.17) is 22.0 Å². The van der Waals surface area contributed by atoms with Crippen LogP contribution in [0.5, 0.6) is 6.01 Å². The van der Waals surface area contributed by atoms with Gasteiger partial charge in [-0.15, -0.1) is 0 Å². The molecule has 0 unspecified atom stereocenters. The number of aromatic nitrogens is 3. The number of carbonyl (C=O) groups excluding carboxylic acids is 1. The highest BCUT2D eigenvalue weighted by Gasteiger charge is 2.25. The van der Waals surface area contributed by atoms with E-state index < -0.39 is 0 Å². The quantitative estimate of drug-likeness (QED) is 0.180. The van der Waals surface area contributed by atoms with Crippen LogP contribution in [0.1, 0.15) is 49.1 Å². The van der Waals surface area contributed by atoms with Crippen LogP contribution in [-0.2, 0) is 17.8 Å². The lowest BCUT2D eigenvalue weighted by atomic mass is 10.00. The molecule has 0 spiro atoms. The van der Waals surface area contributed by atoms with Gasteiger partial charge in [0.15, 0.2) is 0 Å². The SMILES string of the molecule is Cc1cccc2cccc(N3CCc4c(N)nc(OC[C@@H]5CCCN5C)nc4C3)c12.[C-]#[N+]C[C@@H](C)N(CC)C(=O)/C=C/c1ccncc1. The van der Waals surface area contributed by atoms with Gasteiger partial charge in [0.25, 0.3) is 0 Å². The van der Waals surface area contributed by atoms with Gasteiger partial charge in [0.1, 0.15) is 18.5 Å². The van der Waals surface area contributed by atoms with Crippen molar-refractivity contribution in [2.45, 2.75) is 58.7 Å². The van der Waals surface area contributed by atoms with E-state index in [2.05, 4.69) is 75.0 Å². The maximum absolute atomic E-state index is 12.0. The molecule has 4 heterocycles. The highest BCUT2D eigenvalue weighted by Crippen LogP contribution is 2.34. The lowest BCUT2D eigenvalue weighted by molar-refractivity contribution is -0.127. The van der Waals surface area contributed by atoms with Crippen LogP contribution in [-0.4, -0.2) is 82.6 Å². The number of likely N-dealkylation sites (tertiary alicyclic amines) is 1. The summed E-state index contributed by atoms with van der Waals surface area (Å²) in [5.74, 6) is 0.494. The molecule has 250 valence electrons. The fraction of sp³-hybridized carbons (Fsp3) is 0.395. The summed E-state index contributed by atoms with van der Waals surface area (Å²) in [4.78, 5) is 34.9. The van der Waals surface area contributed by atoms with Crippen molar-refractivity contribution in [2.24, 2.45) is 0 Å². The minimum atomic E-state index is -0.0644. The average molecular weight is 647 g/mol. The van der Waals surface area contributed by atoms with Crippen molar-refractivity contribution in [3.63, 3.8) is 0 Å². The lowest BCUT2D eigenvalue weighted by Gasteiger charge is -2.31. The number of anilines is 2. The van der Waals surface area contributed by atoms with Crippen molar-refractivity contribution in [3.05, 3.63) is 101 Å². The van der Waals surface area contributed by atoms with Crippen LogP contribution in [0, 0.1) is 13.5 Å². The van der Waals surface area contributed by atoms with E-state index in [1.165, 1.54) is 28.4 Å². The van der Waals surface area contributed by atoms with Gasteiger partial charge in [-0.1, -0.05) is 30.3 Å². The average Bonchev–Trinajstić information content (AvgIpc) is 3.51. The Labute approximate surface area is 284 Å². The Balaban J connectivity index is 0.000000216. The molecule has 0 aliphatic carbocycles. The maximum Gasteiger partial charge on any atom is 0.318 e. The number of benzene rings is 2. The van der Waals surface area contributed by atoms with E-state index in [1.807, 2.05) is 26.0 Å². The number of nitrogens with two attached hydrogens (primary N) is 1. The fourth-order valence-electron chi connectivity index (χ4n) is 6.49. The normalized spacial score (nSPS) is 16.6. The topological polar surface area (TPSA) is 105 Å². The van der Waals surface area contributed by atoms with E-state index >= 15 is 0 Å². The molecule has 1 fully saturated rings. The van der Waals surface area contributed by atoms with Gasteiger partial charge in [-0.2, -0.15) is 9.97 Å². The molecule has 10 heteroatoms. The zero-order valence-electron chi connectivity index (χ0n) is 28.5. The highest BCUT2D eigenvalue weighted by atomic mass is 16.5.